The normalized spacial score (nSPS) is 26.4. The van der Waals surface area contributed by atoms with Gasteiger partial charge in [-0.25, -0.2) is 0 Å². The van der Waals surface area contributed by atoms with Gasteiger partial charge in [-0.15, -0.1) is 6.58 Å². The van der Waals surface area contributed by atoms with Crippen molar-refractivity contribution < 1.29 is 30.6 Å². The van der Waals surface area contributed by atoms with E-state index >= 15 is 0 Å². The number of aliphatic hydroxyl groups is 6. The van der Waals surface area contributed by atoms with E-state index in [1.165, 1.54) is 6.08 Å². The Morgan fingerprint density at radius 1 is 1.00 bits per heavy atom. The lowest BCUT2D eigenvalue weighted by Crippen LogP contribution is -2.75. The van der Waals surface area contributed by atoms with E-state index in [1.807, 2.05) is 0 Å². The van der Waals surface area contributed by atoms with Crippen molar-refractivity contribution >= 4 is 0 Å². The summed E-state index contributed by atoms with van der Waals surface area (Å²) in [6, 6.07) is 0. The van der Waals surface area contributed by atoms with Crippen molar-refractivity contribution in [2.45, 2.75) is 62.6 Å². The average Bonchev–Trinajstić information content (AvgIpc) is 2.28. The van der Waals surface area contributed by atoms with Gasteiger partial charge in [0.05, 0.1) is 12.7 Å². The van der Waals surface area contributed by atoms with Crippen LogP contribution in [0.25, 0.3) is 0 Å². The molecule has 19 heavy (non-hydrogen) atoms. The van der Waals surface area contributed by atoms with Gasteiger partial charge in [-0.1, -0.05) is 6.08 Å². The maximum Gasteiger partial charge on any atom is 0.124 e. The average molecular weight is 278 g/mol. The van der Waals surface area contributed by atoms with Gasteiger partial charge in [-0.05, 0) is 34.1 Å². The fourth-order valence-corrected chi connectivity index (χ4v) is 1.88. The van der Waals surface area contributed by atoms with E-state index in [-0.39, 0.29) is 6.42 Å². The predicted octanol–water partition coefficient (Wildman–Crippen LogP) is -1.08. The zero-order valence-corrected chi connectivity index (χ0v) is 12.0. The maximum absolute atomic E-state index is 10.5. The molecule has 0 aliphatic rings. The van der Waals surface area contributed by atoms with Crippen LogP contribution in [0.15, 0.2) is 12.7 Å². The molecule has 6 nitrogen and oxygen atoms in total. The number of hydrogen-bond donors (Lipinski definition) is 6. The molecule has 0 saturated heterocycles. The van der Waals surface area contributed by atoms with Crippen LogP contribution in [0.5, 0.6) is 0 Å². The first-order valence-corrected chi connectivity index (χ1v) is 6.09. The molecule has 0 aromatic heterocycles. The Bertz CT molecular complexity index is 319. The van der Waals surface area contributed by atoms with E-state index in [0.29, 0.717) is 0 Å². The monoisotopic (exact) mass is 278 g/mol. The Kier molecular flexibility index (Phi) is 5.33. The van der Waals surface area contributed by atoms with E-state index < -0.39 is 35.1 Å². The molecule has 0 rings (SSSR count). The van der Waals surface area contributed by atoms with Crippen LogP contribution in [0.3, 0.4) is 0 Å². The first-order chi connectivity index (χ1) is 8.29. The second kappa shape index (κ2) is 5.47. The number of rotatable bonds is 7. The summed E-state index contributed by atoms with van der Waals surface area (Å²) in [5.74, 6) is 0. The van der Waals surface area contributed by atoms with Crippen LogP contribution < -0.4 is 0 Å². The topological polar surface area (TPSA) is 121 Å². The molecule has 0 aliphatic carbocycles. The molecule has 0 aliphatic heterocycles. The summed E-state index contributed by atoms with van der Waals surface area (Å²) in [4.78, 5) is 0. The largest absolute Gasteiger partial charge is 0.393 e. The molecule has 6 heteroatoms. The summed E-state index contributed by atoms with van der Waals surface area (Å²) < 4.78 is 0. The summed E-state index contributed by atoms with van der Waals surface area (Å²) in [5.41, 5.74) is -8.78. The highest BCUT2D eigenvalue weighted by atomic mass is 16.4. The molecule has 0 heterocycles. The van der Waals surface area contributed by atoms with E-state index in [0.717, 1.165) is 27.7 Å². The molecule has 0 saturated carbocycles. The lowest BCUT2D eigenvalue weighted by atomic mass is 9.64. The highest BCUT2D eigenvalue weighted by Crippen LogP contribution is 2.41. The molecular formula is C13H26O6. The SMILES string of the molecule is C=CCC(O)C(C)(O)[C@](C)(O)[C@@](C)(O)C(C)(O)CO. The number of hydrogen-bond acceptors (Lipinski definition) is 6. The molecule has 0 bridgehead atoms. The Hall–Kier alpha value is -0.500. The first kappa shape index (κ1) is 18.5. The Labute approximate surface area is 113 Å². The zero-order chi connectivity index (χ0) is 15.7. The van der Waals surface area contributed by atoms with Crippen LogP contribution in [-0.2, 0) is 0 Å². The third kappa shape index (κ3) is 2.84. The van der Waals surface area contributed by atoms with Gasteiger partial charge in [-0.2, -0.15) is 0 Å². The van der Waals surface area contributed by atoms with Crippen molar-refractivity contribution in [1.29, 1.82) is 0 Å². The Balaban J connectivity index is 5.64. The molecule has 6 N–H and O–H groups in total. The quantitative estimate of drug-likeness (QED) is 0.329. The molecule has 0 aromatic rings. The minimum absolute atomic E-state index is 0.0134. The molecule has 0 spiro atoms. The van der Waals surface area contributed by atoms with Crippen molar-refractivity contribution in [2.75, 3.05) is 6.61 Å². The van der Waals surface area contributed by atoms with Gasteiger partial charge in [0.15, 0.2) is 0 Å². The van der Waals surface area contributed by atoms with Crippen molar-refractivity contribution in [2.24, 2.45) is 0 Å². The Morgan fingerprint density at radius 3 is 1.74 bits per heavy atom. The van der Waals surface area contributed by atoms with Crippen LogP contribution in [0.1, 0.15) is 34.1 Å². The molecule has 114 valence electrons. The van der Waals surface area contributed by atoms with Gasteiger partial charge in [0, 0.05) is 0 Å². The standard InChI is InChI=1S/C13H26O6/c1-6-7-9(15)11(3,17)13(5,19)12(4,18)10(2,16)8-14/h6,9,14-19H,1,7-8H2,2-5H3/t9?,10?,11?,12-,13-/m0/s1. The highest BCUT2D eigenvalue weighted by molar-refractivity contribution is 5.15. The van der Waals surface area contributed by atoms with Crippen LogP contribution in [-0.4, -0.2) is 65.8 Å². The van der Waals surface area contributed by atoms with Gasteiger partial charge < -0.3 is 30.6 Å². The van der Waals surface area contributed by atoms with Gasteiger partial charge in [0.25, 0.3) is 0 Å². The first-order valence-electron chi connectivity index (χ1n) is 6.09. The second-order valence-corrected chi connectivity index (χ2v) is 5.76. The fraction of sp³-hybridized carbons (Fsp3) is 0.846. The summed E-state index contributed by atoms with van der Waals surface area (Å²) in [7, 11) is 0. The molecule has 3 unspecified atom stereocenters. The van der Waals surface area contributed by atoms with E-state index in [2.05, 4.69) is 6.58 Å². The van der Waals surface area contributed by atoms with Crippen molar-refractivity contribution in [3.8, 4) is 0 Å². The number of aliphatic hydroxyl groups excluding tert-OH is 2. The summed E-state index contributed by atoms with van der Waals surface area (Å²) in [6.07, 6.45) is -0.0600. The molecule has 0 fully saturated rings. The molecule has 0 radical (unpaired) electrons. The summed E-state index contributed by atoms with van der Waals surface area (Å²) in [5, 5.41) is 60.2. The molecular weight excluding hydrogens is 252 g/mol. The zero-order valence-electron chi connectivity index (χ0n) is 12.0. The van der Waals surface area contributed by atoms with E-state index in [1.54, 1.807) is 0 Å². The fourth-order valence-electron chi connectivity index (χ4n) is 1.88. The second-order valence-electron chi connectivity index (χ2n) is 5.76. The summed E-state index contributed by atoms with van der Waals surface area (Å²) in [6.45, 7) is 7.02. The van der Waals surface area contributed by atoms with Gasteiger partial charge in [0.2, 0.25) is 0 Å². The van der Waals surface area contributed by atoms with E-state index in [4.69, 9.17) is 5.11 Å². The van der Waals surface area contributed by atoms with E-state index in [9.17, 15) is 25.5 Å². The van der Waals surface area contributed by atoms with Crippen LogP contribution in [0, 0.1) is 0 Å². The van der Waals surface area contributed by atoms with Crippen LogP contribution in [0.2, 0.25) is 0 Å². The maximum atomic E-state index is 10.5. The van der Waals surface area contributed by atoms with Crippen molar-refractivity contribution in [1.82, 2.24) is 0 Å². The summed E-state index contributed by atoms with van der Waals surface area (Å²) >= 11 is 0. The predicted molar refractivity (Wildman–Crippen MR) is 70.4 cm³/mol. The molecule has 0 aromatic carbocycles. The Morgan fingerprint density at radius 2 is 1.42 bits per heavy atom. The van der Waals surface area contributed by atoms with Crippen molar-refractivity contribution in [3.63, 3.8) is 0 Å². The van der Waals surface area contributed by atoms with Crippen LogP contribution >= 0.6 is 0 Å². The van der Waals surface area contributed by atoms with Gasteiger partial charge >= 0.3 is 0 Å². The third-order valence-corrected chi connectivity index (χ3v) is 4.33. The highest BCUT2D eigenvalue weighted by Gasteiger charge is 2.63. The van der Waals surface area contributed by atoms with Gasteiger partial charge in [-0.3, -0.25) is 0 Å². The van der Waals surface area contributed by atoms with Crippen molar-refractivity contribution in [3.05, 3.63) is 12.7 Å². The van der Waals surface area contributed by atoms with Gasteiger partial charge in [0.1, 0.15) is 22.4 Å². The smallest absolute Gasteiger partial charge is 0.124 e. The minimum Gasteiger partial charge on any atom is -0.393 e. The lowest BCUT2D eigenvalue weighted by Gasteiger charge is -2.53. The lowest BCUT2D eigenvalue weighted by molar-refractivity contribution is -0.301. The minimum atomic E-state index is -2.30. The molecule has 5 atom stereocenters. The molecule has 0 amide bonds. The third-order valence-electron chi connectivity index (χ3n) is 4.33. The van der Waals surface area contributed by atoms with Crippen LogP contribution in [0.4, 0.5) is 0 Å².